The van der Waals surface area contributed by atoms with E-state index < -0.39 is 17.3 Å². The molecule has 1 aromatic heterocycles. The van der Waals surface area contributed by atoms with Crippen molar-refractivity contribution in [3.05, 3.63) is 58.0 Å². The minimum absolute atomic E-state index is 0.133. The molecule has 0 radical (unpaired) electrons. The molecule has 1 aliphatic heterocycles. The first-order valence-corrected chi connectivity index (χ1v) is 7.24. The largest absolute Gasteiger partial charge is 0.508 e. The standard InChI is InChI=1S/C17H16N2O5/c1-17(2)18-15(19-7-6-11(20)9-14(19)21)12-8-10(16(22)23-3)4-5-13(12)24-17/h4-9,20H,1-3H3. The predicted octanol–water partition coefficient (Wildman–Crippen LogP) is 1.76. The number of nitrogens with zero attached hydrogens (tertiary/aromatic N) is 2. The maximum Gasteiger partial charge on any atom is 0.337 e. The lowest BCUT2D eigenvalue weighted by atomic mass is 10.1. The highest BCUT2D eigenvalue weighted by molar-refractivity contribution is 6.05. The van der Waals surface area contributed by atoms with E-state index >= 15 is 0 Å². The highest BCUT2D eigenvalue weighted by Gasteiger charge is 2.30. The molecule has 0 saturated carbocycles. The number of rotatable bonds is 1. The van der Waals surface area contributed by atoms with E-state index in [1.165, 1.54) is 23.9 Å². The van der Waals surface area contributed by atoms with Crippen LogP contribution in [0.25, 0.3) is 0 Å². The SMILES string of the molecule is COC(=O)c1ccc2c(c1)C(n1ccc(O)cc1=O)=NC(C)(C)O2. The number of aliphatic imine (C=N–C) groups is 1. The van der Waals surface area contributed by atoms with Crippen LogP contribution in [0.5, 0.6) is 11.5 Å². The summed E-state index contributed by atoms with van der Waals surface area (Å²) in [5.41, 5.74) is -0.517. The first-order chi connectivity index (χ1) is 11.3. The van der Waals surface area contributed by atoms with Crippen molar-refractivity contribution in [2.45, 2.75) is 19.6 Å². The summed E-state index contributed by atoms with van der Waals surface area (Å²) in [7, 11) is 1.29. The van der Waals surface area contributed by atoms with Gasteiger partial charge in [-0.25, -0.2) is 9.79 Å². The minimum Gasteiger partial charge on any atom is -0.508 e. The summed E-state index contributed by atoms with van der Waals surface area (Å²) in [6.07, 6.45) is 1.42. The smallest absolute Gasteiger partial charge is 0.337 e. The average molecular weight is 328 g/mol. The third-order valence-electron chi connectivity index (χ3n) is 3.51. The second kappa shape index (κ2) is 5.52. The Morgan fingerprint density at radius 2 is 2.04 bits per heavy atom. The number of fused-ring (bicyclic) bond motifs is 1. The topological polar surface area (TPSA) is 90.1 Å². The van der Waals surface area contributed by atoms with Crippen LogP contribution in [0.3, 0.4) is 0 Å². The number of ether oxygens (including phenoxy) is 2. The zero-order chi connectivity index (χ0) is 17.5. The van der Waals surface area contributed by atoms with Gasteiger partial charge in [-0.15, -0.1) is 0 Å². The molecule has 3 rings (SSSR count). The van der Waals surface area contributed by atoms with Gasteiger partial charge in [0, 0.05) is 12.3 Å². The van der Waals surface area contributed by atoms with Crippen LogP contribution in [0.4, 0.5) is 0 Å². The van der Waals surface area contributed by atoms with E-state index in [1.807, 2.05) is 0 Å². The lowest BCUT2D eigenvalue weighted by molar-refractivity contribution is 0.0600. The molecule has 1 aromatic carbocycles. The third-order valence-corrected chi connectivity index (χ3v) is 3.51. The van der Waals surface area contributed by atoms with Crippen molar-refractivity contribution < 1.29 is 19.4 Å². The summed E-state index contributed by atoms with van der Waals surface area (Å²) in [6.45, 7) is 3.52. The number of hydrogen-bond donors (Lipinski definition) is 1. The number of benzene rings is 1. The summed E-state index contributed by atoms with van der Waals surface area (Å²) < 4.78 is 11.8. The van der Waals surface area contributed by atoms with E-state index in [0.29, 0.717) is 22.7 Å². The molecular weight excluding hydrogens is 312 g/mol. The summed E-state index contributed by atoms with van der Waals surface area (Å²) in [4.78, 5) is 28.5. The number of aromatic nitrogens is 1. The van der Waals surface area contributed by atoms with E-state index in [0.717, 1.165) is 6.07 Å². The van der Waals surface area contributed by atoms with E-state index in [9.17, 15) is 14.7 Å². The molecule has 7 nitrogen and oxygen atoms in total. The fourth-order valence-electron chi connectivity index (χ4n) is 2.47. The van der Waals surface area contributed by atoms with Crippen molar-refractivity contribution >= 4 is 11.8 Å². The Morgan fingerprint density at radius 1 is 1.29 bits per heavy atom. The van der Waals surface area contributed by atoms with Gasteiger partial charge in [0.05, 0.1) is 18.2 Å². The molecule has 2 aromatic rings. The van der Waals surface area contributed by atoms with Crippen LogP contribution in [-0.4, -0.2) is 34.3 Å². The molecule has 0 saturated heterocycles. The monoisotopic (exact) mass is 328 g/mol. The molecule has 0 bridgehead atoms. The maximum atomic E-state index is 12.2. The molecule has 1 N–H and O–H groups in total. The van der Waals surface area contributed by atoms with Crippen LogP contribution in [0.15, 0.2) is 46.3 Å². The third kappa shape index (κ3) is 2.76. The minimum atomic E-state index is -0.882. The summed E-state index contributed by atoms with van der Waals surface area (Å²) in [6, 6.07) is 7.27. The van der Waals surface area contributed by atoms with Gasteiger partial charge in [-0.1, -0.05) is 0 Å². The van der Waals surface area contributed by atoms with Crippen LogP contribution in [0, 0.1) is 0 Å². The van der Waals surface area contributed by atoms with Gasteiger partial charge in [0.2, 0.25) is 0 Å². The van der Waals surface area contributed by atoms with Gasteiger partial charge in [0.25, 0.3) is 5.56 Å². The number of carbonyl (C=O) groups is 1. The van der Waals surface area contributed by atoms with Gasteiger partial charge in [0.15, 0.2) is 5.72 Å². The molecule has 1 aliphatic rings. The quantitative estimate of drug-likeness (QED) is 0.806. The van der Waals surface area contributed by atoms with Crippen molar-refractivity contribution in [2.24, 2.45) is 4.99 Å². The molecule has 0 fully saturated rings. The van der Waals surface area contributed by atoms with Gasteiger partial charge in [-0.05, 0) is 38.1 Å². The van der Waals surface area contributed by atoms with Gasteiger partial charge >= 0.3 is 5.97 Å². The van der Waals surface area contributed by atoms with E-state index in [4.69, 9.17) is 9.47 Å². The molecule has 124 valence electrons. The molecule has 0 atom stereocenters. The van der Waals surface area contributed by atoms with Gasteiger partial charge in [0.1, 0.15) is 17.3 Å². The predicted molar refractivity (Wildman–Crippen MR) is 86.8 cm³/mol. The number of methoxy groups -OCH3 is 1. The lowest BCUT2D eigenvalue weighted by Crippen LogP contribution is -2.37. The Kier molecular flexibility index (Phi) is 3.63. The lowest BCUT2D eigenvalue weighted by Gasteiger charge is -2.30. The second-order valence-corrected chi connectivity index (χ2v) is 5.78. The van der Waals surface area contributed by atoms with Crippen molar-refractivity contribution in [3.8, 4) is 11.5 Å². The normalized spacial score (nSPS) is 15.0. The number of pyridine rings is 1. The molecule has 7 heteroatoms. The molecule has 0 spiro atoms. The highest BCUT2D eigenvalue weighted by atomic mass is 16.5. The van der Waals surface area contributed by atoms with Crippen molar-refractivity contribution in [2.75, 3.05) is 7.11 Å². The molecule has 0 amide bonds. The molecular formula is C17H16N2O5. The molecule has 24 heavy (non-hydrogen) atoms. The number of esters is 1. The fourth-order valence-corrected chi connectivity index (χ4v) is 2.47. The number of aromatic hydroxyl groups is 1. The zero-order valence-electron chi connectivity index (χ0n) is 13.4. The van der Waals surface area contributed by atoms with Gasteiger partial charge in [-0.3, -0.25) is 9.36 Å². The van der Waals surface area contributed by atoms with Gasteiger partial charge < -0.3 is 14.6 Å². The van der Waals surface area contributed by atoms with E-state index in [2.05, 4.69) is 4.99 Å². The number of hydrogen-bond acceptors (Lipinski definition) is 6. The Morgan fingerprint density at radius 3 is 2.71 bits per heavy atom. The fraction of sp³-hybridized carbons (Fsp3) is 0.235. The van der Waals surface area contributed by atoms with Crippen LogP contribution in [-0.2, 0) is 4.74 Å². The molecule has 0 aliphatic carbocycles. The second-order valence-electron chi connectivity index (χ2n) is 5.78. The van der Waals surface area contributed by atoms with Gasteiger partial charge in [-0.2, -0.15) is 0 Å². The first kappa shape index (κ1) is 15.8. The zero-order valence-corrected chi connectivity index (χ0v) is 13.4. The van der Waals surface area contributed by atoms with Crippen molar-refractivity contribution in [3.63, 3.8) is 0 Å². The van der Waals surface area contributed by atoms with Crippen LogP contribution in [0.1, 0.15) is 29.8 Å². The van der Waals surface area contributed by atoms with E-state index in [1.54, 1.807) is 32.0 Å². The highest BCUT2D eigenvalue weighted by Crippen LogP contribution is 2.31. The van der Waals surface area contributed by atoms with Crippen molar-refractivity contribution in [1.29, 1.82) is 0 Å². The summed E-state index contributed by atoms with van der Waals surface area (Å²) in [5.74, 6) is 0.196. The summed E-state index contributed by atoms with van der Waals surface area (Å²) >= 11 is 0. The maximum absolute atomic E-state index is 12.2. The Hall–Kier alpha value is -3.09. The van der Waals surface area contributed by atoms with Crippen LogP contribution in [0.2, 0.25) is 0 Å². The van der Waals surface area contributed by atoms with Crippen LogP contribution >= 0.6 is 0 Å². The van der Waals surface area contributed by atoms with E-state index in [-0.39, 0.29) is 5.75 Å². The summed E-state index contributed by atoms with van der Waals surface area (Å²) in [5, 5.41) is 9.44. The van der Waals surface area contributed by atoms with Crippen LogP contribution < -0.4 is 10.3 Å². The first-order valence-electron chi connectivity index (χ1n) is 7.24. The van der Waals surface area contributed by atoms with Crippen molar-refractivity contribution in [1.82, 2.24) is 4.57 Å². The average Bonchev–Trinajstić information content (AvgIpc) is 2.52. The molecule has 2 heterocycles. The Labute approximate surface area is 137 Å². The Bertz CT molecular complexity index is 911. The number of carbonyl (C=O) groups excluding carboxylic acids is 1. The Balaban J connectivity index is 2.23. The molecule has 0 unspecified atom stereocenters.